The molecule has 0 N–H and O–H groups in total. The second-order valence-electron chi connectivity index (χ2n) is 4.59. The van der Waals surface area contributed by atoms with Crippen molar-refractivity contribution in [3.63, 3.8) is 0 Å². The Balaban J connectivity index is 2.40. The molecular formula is C12H13F3N2O3. The van der Waals surface area contributed by atoms with Gasteiger partial charge in [0.15, 0.2) is 0 Å². The molecule has 0 saturated carbocycles. The number of anilines is 1. The number of benzene rings is 1. The van der Waals surface area contributed by atoms with E-state index < -0.39 is 22.4 Å². The van der Waals surface area contributed by atoms with Crippen LogP contribution < -0.4 is 4.90 Å². The van der Waals surface area contributed by atoms with Crippen LogP contribution in [0, 0.1) is 10.1 Å². The molecule has 0 aromatic heterocycles. The normalized spacial score (nSPS) is 20.0. The summed E-state index contributed by atoms with van der Waals surface area (Å²) in [5.74, 6) is 0. The molecule has 8 heteroatoms. The molecule has 1 fully saturated rings. The van der Waals surface area contributed by atoms with Crippen LogP contribution in [0.2, 0.25) is 0 Å². The lowest BCUT2D eigenvalue weighted by atomic mass is 10.1. The quantitative estimate of drug-likeness (QED) is 0.621. The van der Waals surface area contributed by atoms with Crippen molar-refractivity contribution in [2.75, 3.05) is 24.6 Å². The number of alkyl halides is 3. The van der Waals surface area contributed by atoms with Crippen molar-refractivity contribution in [3.05, 3.63) is 33.9 Å². The molecule has 0 aliphatic carbocycles. The second-order valence-corrected chi connectivity index (χ2v) is 4.59. The fourth-order valence-corrected chi connectivity index (χ4v) is 2.15. The average Bonchev–Trinajstić information content (AvgIpc) is 2.37. The van der Waals surface area contributed by atoms with Gasteiger partial charge in [-0.1, -0.05) is 0 Å². The van der Waals surface area contributed by atoms with E-state index in [0.29, 0.717) is 25.8 Å². The van der Waals surface area contributed by atoms with Crippen molar-refractivity contribution in [2.24, 2.45) is 0 Å². The SMILES string of the molecule is CC1CN(c2ccc(C(F)(F)F)cc2[N+](=O)[O-])CCO1. The number of morpholine rings is 1. The van der Waals surface area contributed by atoms with Gasteiger partial charge < -0.3 is 9.64 Å². The van der Waals surface area contributed by atoms with Gasteiger partial charge in [0.2, 0.25) is 0 Å². The van der Waals surface area contributed by atoms with Gasteiger partial charge in [-0.3, -0.25) is 10.1 Å². The Hall–Kier alpha value is -1.83. The first-order valence-corrected chi connectivity index (χ1v) is 6.01. The van der Waals surface area contributed by atoms with E-state index in [1.54, 1.807) is 4.90 Å². The van der Waals surface area contributed by atoms with Crippen LogP contribution in [0.15, 0.2) is 18.2 Å². The predicted molar refractivity (Wildman–Crippen MR) is 65.7 cm³/mol. The highest BCUT2D eigenvalue weighted by Gasteiger charge is 2.34. The summed E-state index contributed by atoms with van der Waals surface area (Å²) in [4.78, 5) is 11.9. The van der Waals surface area contributed by atoms with Gasteiger partial charge in [0, 0.05) is 19.2 Å². The van der Waals surface area contributed by atoms with Gasteiger partial charge in [0.25, 0.3) is 5.69 Å². The molecule has 20 heavy (non-hydrogen) atoms. The smallest absolute Gasteiger partial charge is 0.375 e. The van der Waals surface area contributed by atoms with Crippen LogP contribution in [0.3, 0.4) is 0 Å². The first-order valence-electron chi connectivity index (χ1n) is 6.01. The molecule has 1 aliphatic heterocycles. The molecule has 1 heterocycles. The molecule has 0 spiro atoms. The molecule has 1 aromatic carbocycles. The lowest BCUT2D eigenvalue weighted by molar-refractivity contribution is -0.384. The maximum Gasteiger partial charge on any atom is 0.416 e. The van der Waals surface area contributed by atoms with Crippen LogP contribution >= 0.6 is 0 Å². The summed E-state index contributed by atoms with van der Waals surface area (Å²) in [5.41, 5.74) is -1.36. The first kappa shape index (κ1) is 14.6. The Morgan fingerprint density at radius 1 is 1.45 bits per heavy atom. The van der Waals surface area contributed by atoms with Gasteiger partial charge in [0.1, 0.15) is 5.69 Å². The summed E-state index contributed by atoms with van der Waals surface area (Å²) in [6.45, 7) is 3.02. The van der Waals surface area contributed by atoms with Crippen LogP contribution in [-0.2, 0) is 10.9 Å². The minimum absolute atomic E-state index is 0.120. The van der Waals surface area contributed by atoms with Crippen molar-refractivity contribution in [1.29, 1.82) is 0 Å². The second kappa shape index (κ2) is 5.28. The van der Waals surface area contributed by atoms with E-state index >= 15 is 0 Å². The summed E-state index contributed by atoms with van der Waals surface area (Å²) in [5, 5.41) is 11.0. The Kier molecular flexibility index (Phi) is 3.85. The fourth-order valence-electron chi connectivity index (χ4n) is 2.15. The molecule has 0 amide bonds. The minimum Gasteiger partial charge on any atom is -0.375 e. The van der Waals surface area contributed by atoms with Crippen LogP contribution in [0.5, 0.6) is 0 Å². The lowest BCUT2D eigenvalue weighted by Gasteiger charge is -2.32. The van der Waals surface area contributed by atoms with E-state index in [4.69, 9.17) is 4.74 Å². The number of ether oxygens (including phenoxy) is 1. The van der Waals surface area contributed by atoms with Crippen LogP contribution in [0.25, 0.3) is 0 Å². The van der Waals surface area contributed by atoms with Gasteiger partial charge in [-0.15, -0.1) is 0 Å². The highest BCUT2D eigenvalue weighted by Crippen LogP contribution is 2.36. The van der Waals surface area contributed by atoms with Gasteiger partial charge in [-0.2, -0.15) is 13.2 Å². The van der Waals surface area contributed by atoms with E-state index in [9.17, 15) is 23.3 Å². The van der Waals surface area contributed by atoms with E-state index in [1.165, 1.54) is 0 Å². The molecule has 1 atom stereocenters. The fraction of sp³-hybridized carbons (Fsp3) is 0.500. The van der Waals surface area contributed by atoms with E-state index in [1.807, 2.05) is 6.92 Å². The zero-order chi connectivity index (χ0) is 14.9. The zero-order valence-corrected chi connectivity index (χ0v) is 10.7. The monoisotopic (exact) mass is 290 g/mol. The van der Waals surface area contributed by atoms with Gasteiger partial charge in [0.05, 0.1) is 23.2 Å². The van der Waals surface area contributed by atoms with Crippen molar-refractivity contribution < 1.29 is 22.8 Å². The molecule has 0 bridgehead atoms. The molecule has 110 valence electrons. The topological polar surface area (TPSA) is 55.6 Å². The van der Waals surface area contributed by atoms with Crippen LogP contribution in [0.1, 0.15) is 12.5 Å². The van der Waals surface area contributed by atoms with Crippen molar-refractivity contribution >= 4 is 11.4 Å². The zero-order valence-electron chi connectivity index (χ0n) is 10.7. The Morgan fingerprint density at radius 3 is 2.70 bits per heavy atom. The Labute approximate surface area is 113 Å². The van der Waals surface area contributed by atoms with Crippen LogP contribution in [0.4, 0.5) is 24.5 Å². The number of hydrogen-bond donors (Lipinski definition) is 0. The van der Waals surface area contributed by atoms with Crippen molar-refractivity contribution in [1.82, 2.24) is 0 Å². The molecule has 1 saturated heterocycles. The van der Waals surface area contributed by atoms with Gasteiger partial charge >= 0.3 is 6.18 Å². The molecule has 1 aliphatic rings. The van der Waals surface area contributed by atoms with Crippen LogP contribution in [-0.4, -0.2) is 30.7 Å². The lowest BCUT2D eigenvalue weighted by Crippen LogP contribution is -2.41. The van der Waals surface area contributed by atoms with Gasteiger partial charge in [-0.25, -0.2) is 0 Å². The summed E-state index contributed by atoms with van der Waals surface area (Å²) >= 11 is 0. The number of hydrogen-bond acceptors (Lipinski definition) is 4. The van der Waals surface area contributed by atoms with Crippen molar-refractivity contribution in [2.45, 2.75) is 19.2 Å². The summed E-state index contributed by atoms with van der Waals surface area (Å²) in [6.07, 6.45) is -4.72. The third-order valence-corrected chi connectivity index (χ3v) is 3.08. The number of rotatable bonds is 2. The highest BCUT2D eigenvalue weighted by molar-refractivity contribution is 5.65. The van der Waals surface area contributed by atoms with Gasteiger partial charge in [-0.05, 0) is 19.1 Å². The Morgan fingerprint density at radius 2 is 2.15 bits per heavy atom. The molecular weight excluding hydrogens is 277 g/mol. The third kappa shape index (κ3) is 3.01. The van der Waals surface area contributed by atoms with E-state index in [0.717, 1.165) is 12.1 Å². The molecule has 1 aromatic rings. The largest absolute Gasteiger partial charge is 0.416 e. The third-order valence-electron chi connectivity index (χ3n) is 3.08. The average molecular weight is 290 g/mol. The number of nitrogens with zero attached hydrogens (tertiary/aromatic N) is 2. The number of halogens is 3. The van der Waals surface area contributed by atoms with E-state index in [-0.39, 0.29) is 11.8 Å². The van der Waals surface area contributed by atoms with E-state index in [2.05, 4.69) is 0 Å². The number of nitro benzene ring substituents is 1. The molecule has 0 radical (unpaired) electrons. The summed E-state index contributed by atoms with van der Waals surface area (Å²) in [6, 6.07) is 2.59. The Bertz CT molecular complexity index is 519. The highest BCUT2D eigenvalue weighted by atomic mass is 19.4. The number of nitro groups is 1. The first-order chi connectivity index (χ1) is 9.29. The summed E-state index contributed by atoms with van der Waals surface area (Å²) in [7, 11) is 0. The standard InChI is InChI=1S/C12H13F3N2O3/c1-8-7-16(4-5-20-8)10-3-2-9(12(13,14)15)6-11(10)17(18)19/h2-3,6,8H,4-5,7H2,1H3. The molecule has 2 rings (SSSR count). The molecule has 1 unspecified atom stereocenters. The van der Waals surface area contributed by atoms with Crippen molar-refractivity contribution in [3.8, 4) is 0 Å². The molecule has 5 nitrogen and oxygen atoms in total. The predicted octanol–water partition coefficient (Wildman–Crippen LogP) is 2.84. The maximum absolute atomic E-state index is 12.6. The summed E-state index contributed by atoms with van der Waals surface area (Å²) < 4.78 is 43.1. The maximum atomic E-state index is 12.6. The minimum atomic E-state index is -4.60.